The van der Waals surface area contributed by atoms with Crippen molar-refractivity contribution in [3.05, 3.63) is 0 Å². The molecule has 0 fully saturated rings. The van der Waals surface area contributed by atoms with Gasteiger partial charge in [-0.3, -0.25) is 9.59 Å². The SMILES string of the molecule is CO[Si](OC)(OC)C(CC(=O)O)C(=O)O. The zero-order valence-electron chi connectivity index (χ0n) is 8.72. The highest BCUT2D eigenvalue weighted by Crippen LogP contribution is 2.27. The molecule has 0 bridgehead atoms. The lowest BCUT2D eigenvalue weighted by Crippen LogP contribution is -2.51. The lowest BCUT2D eigenvalue weighted by atomic mass is 10.3. The van der Waals surface area contributed by atoms with Gasteiger partial charge in [-0.15, -0.1) is 0 Å². The zero-order chi connectivity index (χ0) is 12.1. The first-order valence-electron chi connectivity index (χ1n) is 4.03. The van der Waals surface area contributed by atoms with Crippen LogP contribution < -0.4 is 0 Å². The molecule has 88 valence electrons. The molecular formula is C7H14O7Si. The first-order chi connectivity index (χ1) is 6.93. The number of carbonyl (C=O) groups is 2. The molecule has 0 aromatic rings. The molecule has 8 heteroatoms. The molecule has 0 saturated carbocycles. The van der Waals surface area contributed by atoms with Crippen LogP contribution in [0.4, 0.5) is 0 Å². The van der Waals surface area contributed by atoms with Crippen molar-refractivity contribution in [3.8, 4) is 0 Å². The quantitative estimate of drug-likeness (QED) is 0.592. The minimum atomic E-state index is -3.45. The number of carboxylic acid groups (broad SMARTS) is 2. The Morgan fingerprint density at radius 3 is 1.73 bits per heavy atom. The number of hydrogen-bond donors (Lipinski definition) is 2. The van der Waals surface area contributed by atoms with Crippen molar-refractivity contribution >= 4 is 20.7 Å². The third-order valence-corrected chi connectivity index (χ3v) is 4.97. The molecule has 7 nitrogen and oxygen atoms in total. The zero-order valence-corrected chi connectivity index (χ0v) is 9.72. The Morgan fingerprint density at radius 2 is 1.53 bits per heavy atom. The van der Waals surface area contributed by atoms with Crippen molar-refractivity contribution in [1.29, 1.82) is 0 Å². The summed E-state index contributed by atoms with van der Waals surface area (Å²) in [6.07, 6.45) is -0.600. The Bertz CT molecular complexity index is 229. The van der Waals surface area contributed by atoms with Crippen molar-refractivity contribution in [2.24, 2.45) is 0 Å². The van der Waals surface area contributed by atoms with E-state index in [9.17, 15) is 9.59 Å². The number of carboxylic acids is 2. The molecule has 1 unspecified atom stereocenters. The van der Waals surface area contributed by atoms with Crippen LogP contribution in [0.1, 0.15) is 6.42 Å². The third-order valence-electron chi connectivity index (χ3n) is 1.96. The standard InChI is InChI=1S/C7H14O7Si/c1-12-15(13-2,14-3)5(7(10)11)4-6(8)9/h5H,4H2,1-3H3,(H,8,9)(H,10,11). The fourth-order valence-corrected chi connectivity index (χ4v) is 3.30. The fraction of sp³-hybridized carbons (Fsp3) is 0.714. The summed E-state index contributed by atoms with van der Waals surface area (Å²) < 4.78 is 14.7. The molecule has 15 heavy (non-hydrogen) atoms. The van der Waals surface area contributed by atoms with E-state index in [4.69, 9.17) is 23.5 Å². The molecule has 0 radical (unpaired) electrons. The third kappa shape index (κ3) is 3.27. The van der Waals surface area contributed by atoms with E-state index in [-0.39, 0.29) is 0 Å². The Balaban J connectivity index is 4.99. The second kappa shape index (κ2) is 5.81. The minimum Gasteiger partial charge on any atom is -0.481 e. The van der Waals surface area contributed by atoms with E-state index in [0.29, 0.717) is 0 Å². The van der Waals surface area contributed by atoms with Gasteiger partial charge in [0.25, 0.3) is 0 Å². The first kappa shape index (κ1) is 14.0. The maximum absolute atomic E-state index is 10.9. The lowest BCUT2D eigenvalue weighted by Gasteiger charge is -2.28. The summed E-state index contributed by atoms with van der Waals surface area (Å²) in [5.74, 6) is -2.56. The lowest BCUT2D eigenvalue weighted by molar-refractivity contribution is -0.145. The van der Waals surface area contributed by atoms with Crippen LogP contribution in [0.5, 0.6) is 0 Å². The Morgan fingerprint density at radius 1 is 1.13 bits per heavy atom. The van der Waals surface area contributed by atoms with Crippen molar-refractivity contribution in [1.82, 2.24) is 0 Å². The summed E-state index contributed by atoms with van der Waals surface area (Å²) >= 11 is 0. The molecular weight excluding hydrogens is 224 g/mol. The average molecular weight is 238 g/mol. The van der Waals surface area contributed by atoms with Crippen LogP contribution in [0.15, 0.2) is 0 Å². The highest BCUT2D eigenvalue weighted by atomic mass is 28.4. The van der Waals surface area contributed by atoms with Gasteiger partial charge in [-0.25, -0.2) is 0 Å². The van der Waals surface area contributed by atoms with Crippen LogP contribution in [-0.2, 0) is 22.9 Å². The van der Waals surface area contributed by atoms with Gasteiger partial charge in [-0.2, -0.15) is 0 Å². The van der Waals surface area contributed by atoms with Crippen LogP contribution >= 0.6 is 0 Å². The molecule has 0 aromatic heterocycles. The molecule has 0 amide bonds. The molecule has 0 aliphatic rings. The second-order valence-corrected chi connectivity index (χ2v) is 5.83. The van der Waals surface area contributed by atoms with Crippen molar-refractivity contribution in [2.75, 3.05) is 21.3 Å². The summed E-state index contributed by atoms with van der Waals surface area (Å²) in [4.78, 5) is 21.4. The van der Waals surface area contributed by atoms with E-state index in [0.717, 1.165) is 0 Å². The van der Waals surface area contributed by atoms with E-state index in [2.05, 4.69) is 0 Å². The summed E-state index contributed by atoms with van der Waals surface area (Å²) in [6.45, 7) is 0. The van der Waals surface area contributed by atoms with Crippen LogP contribution in [-0.4, -0.2) is 52.3 Å². The maximum Gasteiger partial charge on any atom is 0.515 e. The van der Waals surface area contributed by atoms with E-state index in [1.165, 1.54) is 21.3 Å². The number of hydrogen-bond acceptors (Lipinski definition) is 5. The van der Waals surface area contributed by atoms with Crippen molar-refractivity contribution in [3.63, 3.8) is 0 Å². The van der Waals surface area contributed by atoms with E-state index >= 15 is 0 Å². The fourth-order valence-electron chi connectivity index (χ4n) is 1.21. The van der Waals surface area contributed by atoms with Crippen LogP contribution in [0.25, 0.3) is 0 Å². The van der Waals surface area contributed by atoms with Gasteiger partial charge in [0.1, 0.15) is 5.54 Å². The molecule has 0 heterocycles. The molecule has 0 aromatic carbocycles. The van der Waals surface area contributed by atoms with Crippen molar-refractivity contribution in [2.45, 2.75) is 12.0 Å². The smallest absolute Gasteiger partial charge is 0.481 e. The molecule has 0 aliphatic heterocycles. The summed E-state index contributed by atoms with van der Waals surface area (Å²) in [7, 11) is 0.246. The second-order valence-electron chi connectivity index (χ2n) is 2.70. The summed E-state index contributed by atoms with van der Waals surface area (Å²) in [6, 6.07) is 0. The molecule has 0 saturated heterocycles. The average Bonchev–Trinajstić information content (AvgIpc) is 2.19. The molecule has 1 atom stereocenters. The van der Waals surface area contributed by atoms with Crippen LogP contribution in [0, 0.1) is 0 Å². The topological polar surface area (TPSA) is 102 Å². The van der Waals surface area contributed by atoms with E-state index in [1.807, 2.05) is 0 Å². The van der Waals surface area contributed by atoms with Gasteiger partial charge in [0.15, 0.2) is 0 Å². The maximum atomic E-state index is 10.9. The minimum absolute atomic E-state index is 0.600. The number of aliphatic carboxylic acids is 2. The van der Waals surface area contributed by atoms with Gasteiger partial charge in [-0.1, -0.05) is 0 Å². The normalized spacial score (nSPS) is 13.5. The molecule has 0 rings (SSSR count). The van der Waals surface area contributed by atoms with E-state index < -0.39 is 32.7 Å². The van der Waals surface area contributed by atoms with Crippen LogP contribution in [0.2, 0.25) is 5.54 Å². The van der Waals surface area contributed by atoms with E-state index in [1.54, 1.807) is 0 Å². The highest BCUT2D eigenvalue weighted by Gasteiger charge is 2.52. The van der Waals surface area contributed by atoms with Gasteiger partial charge in [0.2, 0.25) is 0 Å². The number of rotatable bonds is 7. The van der Waals surface area contributed by atoms with Gasteiger partial charge < -0.3 is 23.5 Å². The molecule has 0 aliphatic carbocycles. The first-order valence-corrected chi connectivity index (χ1v) is 5.83. The molecule has 2 N–H and O–H groups in total. The summed E-state index contributed by atoms with van der Waals surface area (Å²) in [5.41, 5.74) is -1.31. The van der Waals surface area contributed by atoms with Gasteiger partial charge in [-0.05, 0) is 0 Å². The summed E-state index contributed by atoms with van der Waals surface area (Å²) in [5, 5.41) is 17.5. The van der Waals surface area contributed by atoms with Crippen LogP contribution in [0.3, 0.4) is 0 Å². The van der Waals surface area contributed by atoms with Gasteiger partial charge in [0, 0.05) is 21.3 Å². The highest BCUT2D eigenvalue weighted by molar-refractivity contribution is 6.66. The van der Waals surface area contributed by atoms with Crippen molar-refractivity contribution < 1.29 is 33.1 Å². The van der Waals surface area contributed by atoms with Gasteiger partial charge >= 0.3 is 20.7 Å². The Hall–Kier alpha value is -0.963. The van der Waals surface area contributed by atoms with Gasteiger partial charge in [0.05, 0.1) is 6.42 Å². The largest absolute Gasteiger partial charge is 0.515 e. The predicted molar refractivity (Wildman–Crippen MR) is 50.4 cm³/mol. The Labute approximate surface area is 87.9 Å². The Kier molecular flexibility index (Phi) is 5.43. The monoisotopic (exact) mass is 238 g/mol. The molecule has 0 spiro atoms. The predicted octanol–water partition coefficient (Wildman–Crippen LogP) is -0.206.